The molecule has 3 aromatic rings. The molecular weight excluding hydrogens is 380 g/mol. The number of hydrogen-bond donors (Lipinski definition) is 1. The number of aryl methyl sites for hydroxylation is 1. The number of nitrogens with one attached hydrogen (secondary N) is 1. The van der Waals surface area contributed by atoms with Crippen molar-refractivity contribution in [1.29, 1.82) is 0 Å². The fourth-order valence-corrected chi connectivity index (χ4v) is 4.60. The number of aromatic nitrogens is 2. The van der Waals surface area contributed by atoms with Gasteiger partial charge in [0.1, 0.15) is 0 Å². The molecule has 0 saturated carbocycles. The number of carbonyl (C=O) groups is 2. The van der Waals surface area contributed by atoms with Crippen molar-refractivity contribution in [3.8, 4) is 0 Å². The molecule has 1 aliphatic heterocycles. The third-order valence-electron chi connectivity index (χ3n) is 4.09. The lowest BCUT2D eigenvalue weighted by atomic mass is 10.1. The minimum atomic E-state index is -0.227. The highest BCUT2D eigenvalue weighted by Crippen LogP contribution is 2.29. The lowest BCUT2D eigenvalue weighted by Crippen LogP contribution is -2.31. The van der Waals surface area contributed by atoms with Gasteiger partial charge in [-0.1, -0.05) is 47.4 Å². The standard InChI is InChI=1S/C19H16N4O2S2/c1-12-5-4-6-13(11-12)20-18-21-22-19(27-18)26-10-9-23-16(24)14-7-2-3-8-15(14)17(23)25/h2-8,11H,9-10H2,1H3,(H,20,21). The van der Waals surface area contributed by atoms with Crippen molar-refractivity contribution in [1.82, 2.24) is 15.1 Å². The monoisotopic (exact) mass is 396 g/mol. The van der Waals surface area contributed by atoms with Gasteiger partial charge in [-0.2, -0.15) is 0 Å². The van der Waals surface area contributed by atoms with E-state index in [0.717, 1.165) is 10.0 Å². The Labute approximate surface area is 164 Å². The summed E-state index contributed by atoms with van der Waals surface area (Å²) in [5, 5.41) is 12.2. The van der Waals surface area contributed by atoms with E-state index in [1.165, 1.54) is 33.6 Å². The van der Waals surface area contributed by atoms with Crippen LogP contribution in [0.4, 0.5) is 10.8 Å². The van der Waals surface area contributed by atoms with Crippen LogP contribution in [0.1, 0.15) is 26.3 Å². The van der Waals surface area contributed by atoms with E-state index in [-0.39, 0.29) is 11.8 Å². The first-order valence-corrected chi connectivity index (χ1v) is 10.2. The normalized spacial score (nSPS) is 13.1. The van der Waals surface area contributed by atoms with Crippen molar-refractivity contribution in [3.63, 3.8) is 0 Å². The molecule has 2 aromatic carbocycles. The molecule has 27 heavy (non-hydrogen) atoms. The molecule has 1 aromatic heterocycles. The second-order valence-electron chi connectivity index (χ2n) is 6.02. The number of benzene rings is 2. The lowest BCUT2D eigenvalue weighted by molar-refractivity contribution is 0.0664. The summed E-state index contributed by atoms with van der Waals surface area (Å²) in [5.74, 6) is 0.121. The van der Waals surface area contributed by atoms with Crippen molar-refractivity contribution >= 4 is 45.7 Å². The van der Waals surface area contributed by atoms with Gasteiger partial charge in [-0.15, -0.1) is 10.2 Å². The van der Waals surface area contributed by atoms with Crippen molar-refractivity contribution < 1.29 is 9.59 Å². The van der Waals surface area contributed by atoms with Crippen LogP contribution >= 0.6 is 23.1 Å². The highest BCUT2D eigenvalue weighted by atomic mass is 32.2. The highest BCUT2D eigenvalue weighted by molar-refractivity contribution is 8.01. The van der Waals surface area contributed by atoms with Gasteiger partial charge in [0, 0.05) is 18.0 Å². The van der Waals surface area contributed by atoms with E-state index >= 15 is 0 Å². The summed E-state index contributed by atoms with van der Waals surface area (Å²) < 4.78 is 0.793. The van der Waals surface area contributed by atoms with Gasteiger partial charge in [0.2, 0.25) is 5.13 Å². The highest BCUT2D eigenvalue weighted by Gasteiger charge is 2.34. The van der Waals surface area contributed by atoms with Crippen LogP contribution < -0.4 is 5.32 Å². The van der Waals surface area contributed by atoms with Gasteiger partial charge in [-0.3, -0.25) is 14.5 Å². The van der Waals surface area contributed by atoms with Crippen LogP contribution in [0.5, 0.6) is 0 Å². The third-order valence-corrected chi connectivity index (χ3v) is 6.05. The van der Waals surface area contributed by atoms with Gasteiger partial charge in [0.25, 0.3) is 11.8 Å². The van der Waals surface area contributed by atoms with Gasteiger partial charge in [0.15, 0.2) is 4.34 Å². The number of thioether (sulfide) groups is 1. The second kappa shape index (κ2) is 7.50. The minimum Gasteiger partial charge on any atom is -0.330 e. The van der Waals surface area contributed by atoms with Gasteiger partial charge in [0.05, 0.1) is 11.1 Å². The van der Waals surface area contributed by atoms with Crippen LogP contribution in [0.3, 0.4) is 0 Å². The van der Waals surface area contributed by atoms with E-state index in [0.29, 0.717) is 28.6 Å². The van der Waals surface area contributed by atoms with Crippen molar-refractivity contribution in [2.75, 3.05) is 17.6 Å². The predicted molar refractivity (Wildman–Crippen MR) is 107 cm³/mol. The Kier molecular flexibility index (Phi) is 4.91. The van der Waals surface area contributed by atoms with Crippen LogP contribution in [-0.4, -0.2) is 39.2 Å². The molecule has 0 saturated heterocycles. The summed E-state index contributed by atoms with van der Waals surface area (Å²) in [5.41, 5.74) is 3.09. The average molecular weight is 396 g/mol. The van der Waals surface area contributed by atoms with Gasteiger partial charge >= 0.3 is 0 Å². The maximum absolute atomic E-state index is 12.3. The first-order chi connectivity index (χ1) is 13.1. The molecule has 4 rings (SSSR count). The number of carbonyl (C=O) groups excluding carboxylic acids is 2. The van der Waals surface area contributed by atoms with Crippen molar-refractivity contribution in [3.05, 3.63) is 65.2 Å². The van der Waals surface area contributed by atoms with E-state index in [1.54, 1.807) is 24.3 Å². The molecule has 0 aliphatic carbocycles. The van der Waals surface area contributed by atoms with E-state index in [9.17, 15) is 9.59 Å². The summed E-state index contributed by atoms with van der Waals surface area (Å²) in [6.07, 6.45) is 0. The molecule has 136 valence electrons. The maximum Gasteiger partial charge on any atom is 0.261 e. The number of imide groups is 1. The van der Waals surface area contributed by atoms with Crippen LogP contribution in [0.2, 0.25) is 0 Å². The first kappa shape index (κ1) is 17.7. The third kappa shape index (κ3) is 3.72. The smallest absolute Gasteiger partial charge is 0.261 e. The summed E-state index contributed by atoms with van der Waals surface area (Å²) in [4.78, 5) is 26.0. The molecular formula is C19H16N4O2S2. The number of amides is 2. The van der Waals surface area contributed by atoms with Crippen LogP contribution in [-0.2, 0) is 0 Å². The Bertz CT molecular complexity index is 983. The van der Waals surface area contributed by atoms with E-state index in [1.807, 2.05) is 31.2 Å². The number of nitrogens with zero attached hydrogens (tertiary/aromatic N) is 3. The van der Waals surface area contributed by atoms with Crippen molar-refractivity contribution in [2.24, 2.45) is 0 Å². The average Bonchev–Trinajstić information content (AvgIpc) is 3.20. The van der Waals surface area contributed by atoms with Gasteiger partial charge in [-0.05, 0) is 36.8 Å². The summed E-state index contributed by atoms with van der Waals surface area (Å²) in [6.45, 7) is 2.38. The summed E-state index contributed by atoms with van der Waals surface area (Å²) in [7, 11) is 0. The molecule has 1 aliphatic rings. The Morgan fingerprint density at radius 3 is 2.48 bits per heavy atom. The van der Waals surface area contributed by atoms with Crippen molar-refractivity contribution in [2.45, 2.75) is 11.3 Å². The second-order valence-corrected chi connectivity index (χ2v) is 8.34. The molecule has 0 atom stereocenters. The topological polar surface area (TPSA) is 75.2 Å². The summed E-state index contributed by atoms with van der Waals surface area (Å²) >= 11 is 2.93. The zero-order valence-electron chi connectivity index (χ0n) is 14.5. The molecule has 0 fully saturated rings. The van der Waals surface area contributed by atoms with Crippen LogP contribution in [0.15, 0.2) is 52.9 Å². The molecule has 0 radical (unpaired) electrons. The van der Waals surface area contributed by atoms with E-state index in [2.05, 4.69) is 15.5 Å². The number of hydrogen-bond acceptors (Lipinski definition) is 7. The lowest BCUT2D eigenvalue weighted by Gasteiger charge is -2.12. The van der Waals surface area contributed by atoms with E-state index in [4.69, 9.17) is 0 Å². The number of rotatable bonds is 6. The van der Waals surface area contributed by atoms with Gasteiger partial charge in [-0.25, -0.2) is 0 Å². The largest absolute Gasteiger partial charge is 0.330 e. The molecule has 8 heteroatoms. The molecule has 6 nitrogen and oxygen atoms in total. The Morgan fingerprint density at radius 1 is 1.04 bits per heavy atom. The Hall–Kier alpha value is -2.71. The molecule has 1 N–H and O–H groups in total. The van der Waals surface area contributed by atoms with Crippen LogP contribution in [0, 0.1) is 6.92 Å². The maximum atomic E-state index is 12.3. The predicted octanol–water partition coefficient (Wildman–Crippen LogP) is 3.98. The summed E-state index contributed by atoms with van der Waals surface area (Å²) in [6, 6.07) is 15.0. The Balaban J connectivity index is 1.33. The van der Waals surface area contributed by atoms with Gasteiger partial charge < -0.3 is 5.32 Å². The molecule has 2 amide bonds. The fraction of sp³-hybridized carbons (Fsp3) is 0.158. The quantitative estimate of drug-likeness (QED) is 0.502. The number of fused-ring (bicyclic) bond motifs is 1. The number of anilines is 2. The molecule has 0 spiro atoms. The van der Waals surface area contributed by atoms with Crippen LogP contribution in [0.25, 0.3) is 0 Å². The zero-order chi connectivity index (χ0) is 18.8. The minimum absolute atomic E-state index is 0.227. The fourth-order valence-electron chi connectivity index (χ4n) is 2.83. The Morgan fingerprint density at radius 2 is 1.78 bits per heavy atom. The first-order valence-electron chi connectivity index (χ1n) is 8.37. The molecule has 0 unspecified atom stereocenters. The molecule has 2 heterocycles. The SMILES string of the molecule is Cc1cccc(Nc2nnc(SCCN3C(=O)c4ccccc4C3=O)s2)c1. The van der Waals surface area contributed by atoms with E-state index < -0.39 is 0 Å². The zero-order valence-corrected chi connectivity index (χ0v) is 16.1. The molecule has 0 bridgehead atoms.